The zero-order valence-electron chi connectivity index (χ0n) is 12.3. The third-order valence-corrected chi connectivity index (χ3v) is 3.51. The molecule has 0 aliphatic carbocycles. The van der Waals surface area contributed by atoms with Gasteiger partial charge in [0.2, 0.25) is 0 Å². The molecule has 4 nitrogen and oxygen atoms in total. The number of hydrogen-bond acceptors (Lipinski definition) is 4. The summed E-state index contributed by atoms with van der Waals surface area (Å²) < 4.78 is 10.5. The summed E-state index contributed by atoms with van der Waals surface area (Å²) in [4.78, 5) is 0. The van der Waals surface area contributed by atoms with Gasteiger partial charge in [-0.25, -0.2) is 0 Å². The summed E-state index contributed by atoms with van der Waals surface area (Å²) in [6.07, 6.45) is 1.50. The maximum absolute atomic E-state index is 10.2. The van der Waals surface area contributed by atoms with Gasteiger partial charge in [0.1, 0.15) is 11.5 Å². The number of benzene rings is 1. The zero-order valence-corrected chi connectivity index (χ0v) is 12.3. The van der Waals surface area contributed by atoms with E-state index in [2.05, 4.69) is 5.32 Å². The Morgan fingerprint density at radius 2 is 1.58 bits per heavy atom. The molecule has 0 aliphatic heterocycles. The van der Waals surface area contributed by atoms with Gasteiger partial charge in [-0.3, -0.25) is 0 Å². The van der Waals surface area contributed by atoms with Crippen molar-refractivity contribution in [1.82, 2.24) is 5.32 Å². The Hall–Kier alpha value is -1.26. The van der Waals surface area contributed by atoms with Gasteiger partial charge in [0, 0.05) is 19.2 Å². The first-order valence-corrected chi connectivity index (χ1v) is 6.72. The van der Waals surface area contributed by atoms with E-state index in [-0.39, 0.29) is 0 Å². The first-order valence-electron chi connectivity index (χ1n) is 6.72. The van der Waals surface area contributed by atoms with E-state index in [1.54, 1.807) is 14.2 Å². The Morgan fingerprint density at radius 1 is 1.05 bits per heavy atom. The maximum Gasteiger partial charge on any atom is 0.122 e. The molecular weight excluding hydrogens is 242 g/mol. The van der Waals surface area contributed by atoms with E-state index in [9.17, 15) is 5.11 Å². The van der Waals surface area contributed by atoms with Crippen molar-refractivity contribution in [3.8, 4) is 11.5 Å². The number of methoxy groups -OCH3 is 2. The summed E-state index contributed by atoms with van der Waals surface area (Å²) in [6, 6.07) is 5.77. The first-order chi connectivity index (χ1) is 9.06. The van der Waals surface area contributed by atoms with Crippen LogP contribution in [0.2, 0.25) is 0 Å². The van der Waals surface area contributed by atoms with Crippen molar-refractivity contribution in [2.75, 3.05) is 20.8 Å². The van der Waals surface area contributed by atoms with E-state index in [4.69, 9.17) is 9.47 Å². The summed E-state index contributed by atoms with van der Waals surface area (Å²) in [5.74, 6) is 1.55. The standard InChI is InChI=1S/C15H25NO3/c1-5-15(17,6-2)11-16-10-12-7-13(18-3)9-14(8-12)19-4/h7-9,16-17H,5-6,10-11H2,1-4H3. The second kappa shape index (κ2) is 7.36. The summed E-state index contributed by atoms with van der Waals surface area (Å²) in [5.41, 5.74) is 0.453. The summed E-state index contributed by atoms with van der Waals surface area (Å²) in [5, 5.41) is 13.5. The number of rotatable bonds is 8. The Morgan fingerprint density at radius 3 is 2.00 bits per heavy atom. The van der Waals surface area contributed by atoms with Crippen molar-refractivity contribution in [1.29, 1.82) is 0 Å². The topological polar surface area (TPSA) is 50.7 Å². The SMILES string of the molecule is CCC(O)(CC)CNCc1cc(OC)cc(OC)c1. The smallest absolute Gasteiger partial charge is 0.122 e. The molecule has 19 heavy (non-hydrogen) atoms. The molecule has 1 aromatic carbocycles. The molecule has 0 aliphatic rings. The molecule has 0 heterocycles. The molecule has 0 radical (unpaired) electrons. The third-order valence-electron chi connectivity index (χ3n) is 3.51. The molecule has 0 bridgehead atoms. The second-order valence-corrected chi connectivity index (χ2v) is 4.76. The first kappa shape index (κ1) is 15.8. The van der Waals surface area contributed by atoms with E-state index in [0.717, 1.165) is 29.9 Å². The molecule has 4 heteroatoms. The second-order valence-electron chi connectivity index (χ2n) is 4.76. The van der Waals surface area contributed by atoms with Crippen molar-refractivity contribution in [3.05, 3.63) is 23.8 Å². The van der Waals surface area contributed by atoms with Crippen LogP contribution < -0.4 is 14.8 Å². The van der Waals surface area contributed by atoms with Crippen molar-refractivity contribution in [2.45, 2.75) is 38.8 Å². The van der Waals surface area contributed by atoms with E-state index in [1.807, 2.05) is 32.0 Å². The molecule has 0 fully saturated rings. The summed E-state index contributed by atoms with van der Waals surface area (Å²) in [6.45, 7) is 5.26. The van der Waals surface area contributed by atoms with Gasteiger partial charge in [-0.1, -0.05) is 13.8 Å². The van der Waals surface area contributed by atoms with Gasteiger partial charge >= 0.3 is 0 Å². The maximum atomic E-state index is 10.2. The number of nitrogens with one attached hydrogen (secondary N) is 1. The van der Waals surface area contributed by atoms with Crippen LogP contribution in [0, 0.1) is 0 Å². The molecule has 0 atom stereocenters. The Kier molecular flexibility index (Phi) is 6.12. The van der Waals surface area contributed by atoms with Crippen LogP contribution in [-0.2, 0) is 6.54 Å². The quantitative estimate of drug-likeness (QED) is 0.759. The summed E-state index contributed by atoms with van der Waals surface area (Å²) >= 11 is 0. The van der Waals surface area contributed by atoms with Gasteiger partial charge in [0.15, 0.2) is 0 Å². The lowest BCUT2D eigenvalue weighted by molar-refractivity contribution is 0.0323. The highest BCUT2D eigenvalue weighted by molar-refractivity contribution is 5.38. The highest BCUT2D eigenvalue weighted by Gasteiger charge is 2.21. The van der Waals surface area contributed by atoms with Gasteiger partial charge in [-0.2, -0.15) is 0 Å². The zero-order chi connectivity index (χ0) is 14.3. The molecule has 0 saturated carbocycles. The minimum Gasteiger partial charge on any atom is -0.497 e. The normalized spacial score (nSPS) is 11.4. The number of hydrogen-bond donors (Lipinski definition) is 2. The fourth-order valence-corrected chi connectivity index (χ4v) is 1.91. The number of aliphatic hydroxyl groups is 1. The van der Waals surface area contributed by atoms with E-state index in [1.165, 1.54) is 0 Å². The highest BCUT2D eigenvalue weighted by atomic mass is 16.5. The third kappa shape index (κ3) is 4.73. The van der Waals surface area contributed by atoms with Crippen LogP contribution in [0.15, 0.2) is 18.2 Å². The lowest BCUT2D eigenvalue weighted by Crippen LogP contribution is -2.39. The molecule has 0 aromatic heterocycles. The average molecular weight is 267 g/mol. The molecular formula is C15H25NO3. The molecule has 108 valence electrons. The average Bonchev–Trinajstić information content (AvgIpc) is 2.46. The molecule has 0 spiro atoms. The van der Waals surface area contributed by atoms with Crippen LogP contribution in [0.5, 0.6) is 11.5 Å². The fraction of sp³-hybridized carbons (Fsp3) is 0.600. The Bertz CT molecular complexity index is 367. The van der Waals surface area contributed by atoms with Crippen LogP contribution in [0.1, 0.15) is 32.3 Å². The molecule has 0 saturated heterocycles. The number of ether oxygens (including phenoxy) is 2. The fourth-order valence-electron chi connectivity index (χ4n) is 1.91. The molecule has 2 N–H and O–H groups in total. The minimum absolute atomic E-state index is 0.583. The lowest BCUT2D eigenvalue weighted by Gasteiger charge is -2.25. The largest absolute Gasteiger partial charge is 0.497 e. The molecule has 0 amide bonds. The van der Waals surface area contributed by atoms with Crippen LogP contribution in [0.3, 0.4) is 0 Å². The van der Waals surface area contributed by atoms with Gasteiger partial charge in [0.05, 0.1) is 19.8 Å². The van der Waals surface area contributed by atoms with Gasteiger partial charge in [0.25, 0.3) is 0 Å². The minimum atomic E-state index is -0.622. The van der Waals surface area contributed by atoms with E-state index < -0.39 is 5.60 Å². The van der Waals surface area contributed by atoms with Gasteiger partial charge < -0.3 is 19.9 Å². The predicted octanol–water partition coefficient (Wildman–Crippen LogP) is 2.34. The van der Waals surface area contributed by atoms with Crippen LogP contribution in [0.4, 0.5) is 0 Å². The molecule has 1 aromatic rings. The van der Waals surface area contributed by atoms with Crippen molar-refractivity contribution in [2.24, 2.45) is 0 Å². The van der Waals surface area contributed by atoms with Gasteiger partial charge in [-0.05, 0) is 30.5 Å². The highest BCUT2D eigenvalue weighted by Crippen LogP contribution is 2.22. The van der Waals surface area contributed by atoms with Crippen LogP contribution in [0.25, 0.3) is 0 Å². The molecule has 1 rings (SSSR count). The van der Waals surface area contributed by atoms with Crippen LogP contribution >= 0.6 is 0 Å². The Labute approximate surface area is 115 Å². The van der Waals surface area contributed by atoms with Crippen LogP contribution in [-0.4, -0.2) is 31.5 Å². The van der Waals surface area contributed by atoms with Crippen molar-refractivity contribution < 1.29 is 14.6 Å². The van der Waals surface area contributed by atoms with Crippen molar-refractivity contribution >= 4 is 0 Å². The van der Waals surface area contributed by atoms with Gasteiger partial charge in [-0.15, -0.1) is 0 Å². The lowest BCUT2D eigenvalue weighted by atomic mass is 9.97. The predicted molar refractivity (Wildman–Crippen MR) is 76.8 cm³/mol. The van der Waals surface area contributed by atoms with E-state index in [0.29, 0.717) is 13.1 Å². The Balaban J connectivity index is 2.62. The van der Waals surface area contributed by atoms with E-state index >= 15 is 0 Å². The summed E-state index contributed by atoms with van der Waals surface area (Å²) in [7, 11) is 3.28. The molecule has 0 unspecified atom stereocenters. The van der Waals surface area contributed by atoms with Crippen molar-refractivity contribution in [3.63, 3.8) is 0 Å². The monoisotopic (exact) mass is 267 g/mol.